The molecule has 3 N–H and O–H groups in total. The molecule has 8 rings (SSSR count). The first-order valence-corrected chi connectivity index (χ1v) is 23.3. The molecule has 1 aromatic heterocycles. The minimum absolute atomic E-state index is 0.00653. The van der Waals surface area contributed by atoms with Crippen LogP contribution in [0.15, 0.2) is 30.9 Å². The number of aryl methyl sites for hydroxylation is 1. The SMILES string of the molecule is C=C[C@@H]1C[C@]1(NC(=O)[C@@H]1C[C@@H]2CN1C(=O)[C@H](C1CCCCC1)NC(=O)N1CCC[C@@H](C1)OCCCc1cc3c(cc(OCC)nc3cc1OC)O2)C(=O)NS(=O)(=O)C1CC1. The highest BCUT2D eigenvalue weighted by atomic mass is 32.2. The Bertz CT molecular complexity index is 2110. The molecule has 5 amide bonds. The fourth-order valence-electron chi connectivity index (χ4n) is 9.55. The van der Waals surface area contributed by atoms with Gasteiger partial charge in [-0.05, 0) is 82.3 Å². The lowest BCUT2D eigenvalue weighted by molar-refractivity contribution is -0.142. The van der Waals surface area contributed by atoms with Crippen LogP contribution in [0.3, 0.4) is 0 Å². The van der Waals surface area contributed by atoms with Crippen molar-refractivity contribution in [1.82, 2.24) is 30.1 Å². The van der Waals surface area contributed by atoms with Crippen molar-refractivity contribution in [1.29, 1.82) is 0 Å². The Morgan fingerprint density at radius 1 is 1.05 bits per heavy atom. The van der Waals surface area contributed by atoms with E-state index in [1.807, 2.05) is 19.1 Å². The van der Waals surface area contributed by atoms with E-state index < -0.39 is 62.6 Å². The molecule has 60 heavy (non-hydrogen) atoms. The molecule has 2 saturated heterocycles. The molecule has 0 spiro atoms. The number of nitrogens with one attached hydrogen (secondary N) is 3. The third-order valence-electron chi connectivity index (χ3n) is 13.1. The molecule has 6 aliphatic rings. The number of piperidine rings is 1. The molecule has 0 unspecified atom stereocenters. The zero-order valence-electron chi connectivity index (χ0n) is 34.6. The Kier molecular flexibility index (Phi) is 12.2. The number of fused-ring (bicyclic) bond motifs is 5. The van der Waals surface area contributed by atoms with Crippen LogP contribution in [0.5, 0.6) is 17.4 Å². The molecule has 5 fully saturated rings. The van der Waals surface area contributed by atoms with E-state index >= 15 is 4.79 Å². The number of nitrogens with zero attached hydrogens (tertiary/aromatic N) is 3. The van der Waals surface area contributed by atoms with Gasteiger partial charge in [0.15, 0.2) is 0 Å². The Labute approximate surface area is 351 Å². The fourth-order valence-corrected chi connectivity index (χ4v) is 10.9. The number of pyridine rings is 1. The fraction of sp³-hybridized carbons (Fsp3) is 0.651. The van der Waals surface area contributed by atoms with Crippen molar-refractivity contribution in [3.63, 3.8) is 0 Å². The number of sulfonamides is 1. The second-order valence-corrected chi connectivity index (χ2v) is 19.2. The van der Waals surface area contributed by atoms with Gasteiger partial charge in [0.25, 0.3) is 5.91 Å². The Morgan fingerprint density at radius 3 is 2.57 bits per heavy atom. The zero-order valence-corrected chi connectivity index (χ0v) is 35.4. The molecule has 326 valence electrons. The second-order valence-electron chi connectivity index (χ2n) is 17.2. The van der Waals surface area contributed by atoms with Gasteiger partial charge in [0.1, 0.15) is 35.2 Å². The van der Waals surface area contributed by atoms with Crippen LogP contribution >= 0.6 is 0 Å². The molecule has 3 saturated carbocycles. The van der Waals surface area contributed by atoms with Gasteiger partial charge in [-0.3, -0.25) is 19.1 Å². The van der Waals surface area contributed by atoms with Gasteiger partial charge in [-0.25, -0.2) is 18.2 Å². The molecule has 6 atom stereocenters. The van der Waals surface area contributed by atoms with E-state index in [9.17, 15) is 22.8 Å². The van der Waals surface area contributed by atoms with E-state index in [4.69, 9.17) is 23.9 Å². The molecule has 2 aromatic rings. The van der Waals surface area contributed by atoms with E-state index in [2.05, 4.69) is 21.9 Å². The van der Waals surface area contributed by atoms with Crippen molar-refractivity contribution in [3.05, 3.63) is 36.4 Å². The largest absolute Gasteiger partial charge is 0.496 e. The minimum Gasteiger partial charge on any atom is -0.496 e. The topological polar surface area (TPSA) is 195 Å². The smallest absolute Gasteiger partial charge is 0.318 e. The second kappa shape index (κ2) is 17.4. The molecule has 1 aromatic carbocycles. The van der Waals surface area contributed by atoms with Crippen LogP contribution in [-0.2, 0) is 35.6 Å². The average Bonchev–Trinajstić information content (AvgIpc) is 4.18. The number of urea groups is 1. The van der Waals surface area contributed by atoms with Gasteiger partial charge in [0, 0.05) is 49.6 Å². The third kappa shape index (κ3) is 8.74. The maximum Gasteiger partial charge on any atom is 0.318 e. The number of carbonyl (C=O) groups excluding carboxylic acids is 4. The lowest BCUT2D eigenvalue weighted by Gasteiger charge is -2.37. The number of amides is 5. The molecule has 17 heteroatoms. The highest BCUT2D eigenvalue weighted by molar-refractivity contribution is 7.91. The summed E-state index contributed by atoms with van der Waals surface area (Å²) in [7, 11) is -2.30. The predicted octanol–water partition coefficient (Wildman–Crippen LogP) is 3.75. The lowest BCUT2D eigenvalue weighted by Crippen LogP contribution is -2.60. The lowest BCUT2D eigenvalue weighted by atomic mass is 9.83. The van der Waals surface area contributed by atoms with Crippen molar-refractivity contribution >= 4 is 44.7 Å². The normalized spacial score (nSPS) is 29.1. The predicted molar refractivity (Wildman–Crippen MR) is 221 cm³/mol. The number of aromatic nitrogens is 1. The van der Waals surface area contributed by atoms with Crippen LogP contribution in [0.4, 0.5) is 4.79 Å². The van der Waals surface area contributed by atoms with Crippen LogP contribution in [-0.4, -0.2) is 122 Å². The quantitative estimate of drug-likeness (QED) is 0.295. The van der Waals surface area contributed by atoms with E-state index in [-0.39, 0.29) is 37.4 Å². The van der Waals surface area contributed by atoms with Crippen molar-refractivity contribution in [2.75, 3.05) is 40.0 Å². The molecule has 16 nitrogen and oxygen atoms in total. The van der Waals surface area contributed by atoms with E-state index in [0.29, 0.717) is 80.3 Å². The highest BCUT2D eigenvalue weighted by Gasteiger charge is 2.62. The van der Waals surface area contributed by atoms with Crippen molar-refractivity contribution in [3.8, 4) is 17.4 Å². The van der Waals surface area contributed by atoms with Crippen LogP contribution in [0.1, 0.15) is 89.5 Å². The van der Waals surface area contributed by atoms with Crippen LogP contribution < -0.4 is 29.6 Å². The Morgan fingerprint density at radius 2 is 1.85 bits per heavy atom. The van der Waals surface area contributed by atoms with Gasteiger partial charge in [-0.1, -0.05) is 25.3 Å². The van der Waals surface area contributed by atoms with Crippen LogP contribution in [0.25, 0.3) is 10.9 Å². The Balaban J connectivity index is 1.17. The molecule has 0 radical (unpaired) electrons. The number of ether oxygens (including phenoxy) is 4. The van der Waals surface area contributed by atoms with Crippen LogP contribution in [0.2, 0.25) is 0 Å². The van der Waals surface area contributed by atoms with Gasteiger partial charge in [0.05, 0.1) is 37.1 Å². The van der Waals surface area contributed by atoms with Crippen molar-refractivity contribution < 1.29 is 46.5 Å². The first kappa shape index (κ1) is 42.1. The van der Waals surface area contributed by atoms with Crippen molar-refractivity contribution in [2.45, 2.75) is 125 Å². The van der Waals surface area contributed by atoms with Gasteiger partial charge >= 0.3 is 6.03 Å². The summed E-state index contributed by atoms with van der Waals surface area (Å²) in [5.74, 6) is -1.07. The Hall–Kier alpha value is -4.64. The van der Waals surface area contributed by atoms with Gasteiger partial charge in [0.2, 0.25) is 27.7 Å². The molecule has 4 heterocycles. The molecule has 3 aliphatic heterocycles. The maximum absolute atomic E-state index is 15.1. The summed E-state index contributed by atoms with van der Waals surface area (Å²) in [6.07, 6.45) is 9.06. The van der Waals surface area contributed by atoms with Gasteiger partial charge in [-0.15, -0.1) is 6.58 Å². The first-order chi connectivity index (χ1) is 28.9. The van der Waals surface area contributed by atoms with Gasteiger partial charge < -0.3 is 39.4 Å². The summed E-state index contributed by atoms with van der Waals surface area (Å²) in [6.45, 7) is 7.46. The molecular formula is C43H58N6O10S. The summed E-state index contributed by atoms with van der Waals surface area (Å²) in [4.78, 5) is 65.6. The zero-order chi connectivity index (χ0) is 42.2. The molecular weight excluding hydrogens is 793 g/mol. The third-order valence-corrected chi connectivity index (χ3v) is 14.9. The minimum atomic E-state index is -3.91. The standard InChI is InChI=1S/C43H58N6O10S/c1-4-28-23-43(28,41(52)47-60(54,55)31-15-16-31)46-39(50)34-20-30-25-49(34)40(51)38(26-11-7-6-8-12-26)45-42(53)48-17-9-14-29(24-48)58-18-10-13-27-19-32-33(21-35(27)56-3)44-37(57-5-2)22-36(32)59-30/h4,19,21-22,26,28-31,34,38H,1,5-18,20,23-25H2,2-3H3,(H,45,53)(H,46,50)(H,47,52)/t28-,29+,30-,34+,38+,43-/m1/s1. The van der Waals surface area contributed by atoms with Crippen molar-refractivity contribution in [2.24, 2.45) is 11.8 Å². The summed E-state index contributed by atoms with van der Waals surface area (Å²) >= 11 is 0. The average molecular weight is 851 g/mol. The van der Waals surface area contributed by atoms with Crippen LogP contribution in [0, 0.1) is 11.8 Å². The van der Waals surface area contributed by atoms with E-state index in [1.165, 1.54) is 11.0 Å². The number of rotatable bonds is 10. The molecule has 3 aliphatic carbocycles. The van der Waals surface area contributed by atoms with E-state index in [1.54, 1.807) is 18.1 Å². The first-order valence-electron chi connectivity index (χ1n) is 21.7. The summed E-state index contributed by atoms with van der Waals surface area (Å²) < 4.78 is 52.7. The maximum atomic E-state index is 15.1. The van der Waals surface area contributed by atoms with Gasteiger partial charge in [-0.2, -0.15) is 0 Å². The molecule has 6 bridgehead atoms. The monoisotopic (exact) mass is 850 g/mol. The number of benzene rings is 1. The number of hydrogen-bond donors (Lipinski definition) is 3. The number of methoxy groups -OCH3 is 1. The number of carbonyl (C=O) groups is 4. The van der Waals surface area contributed by atoms with E-state index in [0.717, 1.165) is 50.5 Å². The highest BCUT2D eigenvalue weighted by Crippen LogP contribution is 2.46. The summed E-state index contributed by atoms with van der Waals surface area (Å²) in [5.41, 5.74) is -0.0391. The summed E-state index contributed by atoms with van der Waals surface area (Å²) in [5, 5.41) is 6.07. The number of hydrogen-bond acceptors (Lipinski definition) is 11. The summed E-state index contributed by atoms with van der Waals surface area (Å²) in [6, 6.07) is 3.18.